The summed E-state index contributed by atoms with van der Waals surface area (Å²) in [5, 5.41) is 0. The molecule has 4 heteroatoms. The highest BCUT2D eigenvalue weighted by atomic mass is 14.9. The van der Waals surface area contributed by atoms with Crippen LogP contribution in [0.3, 0.4) is 0 Å². The van der Waals surface area contributed by atoms with Gasteiger partial charge in [0.15, 0.2) is 5.82 Å². The predicted octanol–water partition coefficient (Wildman–Crippen LogP) is 2.52. The van der Waals surface area contributed by atoms with Crippen LogP contribution in [0.15, 0.2) is 61.4 Å². The summed E-state index contributed by atoms with van der Waals surface area (Å²) in [4.78, 5) is 16.8. The summed E-state index contributed by atoms with van der Waals surface area (Å²) >= 11 is 0. The molecule has 2 heterocycles. The van der Waals surface area contributed by atoms with E-state index in [9.17, 15) is 0 Å². The van der Waals surface area contributed by atoms with Gasteiger partial charge in [-0.15, -0.1) is 0 Å². The van der Waals surface area contributed by atoms with Crippen molar-refractivity contribution in [1.29, 1.82) is 0 Å². The molecule has 0 bridgehead atoms. The normalized spacial score (nSPS) is 10.3. The summed E-state index contributed by atoms with van der Waals surface area (Å²) in [6.45, 7) is 0. The first-order valence-corrected chi connectivity index (χ1v) is 6.02. The average Bonchev–Trinajstić information content (AvgIpc) is 2.50. The van der Waals surface area contributed by atoms with Crippen molar-refractivity contribution in [2.24, 2.45) is 0 Å². The molecule has 0 N–H and O–H groups in total. The lowest BCUT2D eigenvalue weighted by atomic mass is 10.1. The Kier molecular flexibility index (Phi) is 3.23. The van der Waals surface area contributed by atoms with Crippen LogP contribution in [0.4, 0.5) is 0 Å². The van der Waals surface area contributed by atoms with Gasteiger partial charge in [-0.25, -0.2) is 19.9 Å². The quantitative estimate of drug-likeness (QED) is 0.714. The van der Waals surface area contributed by atoms with E-state index in [1.54, 1.807) is 12.4 Å². The summed E-state index contributed by atoms with van der Waals surface area (Å²) in [7, 11) is 0. The molecule has 4 nitrogen and oxygen atoms in total. The van der Waals surface area contributed by atoms with Gasteiger partial charge < -0.3 is 0 Å². The summed E-state index contributed by atoms with van der Waals surface area (Å²) in [5.41, 5.74) is 3.13. The van der Waals surface area contributed by atoms with Crippen LogP contribution < -0.4 is 0 Å². The summed E-state index contributed by atoms with van der Waals surface area (Å²) in [6.07, 6.45) is 9.58. The third-order valence-electron chi connectivity index (χ3n) is 2.76. The fraction of sp³-hybridized carbons (Fsp3) is 0.0667. The Morgan fingerprint density at radius 2 is 1.37 bits per heavy atom. The molecular formula is C15H12N4. The SMILES string of the molecule is c1ccc(-c2ncc(Cc3cncnc3)cn2)cc1. The van der Waals surface area contributed by atoms with Crippen molar-refractivity contribution in [3.63, 3.8) is 0 Å². The predicted molar refractivity (Wildman–Crippen MR) is 72.3 cm³/mol. The van der Waals surface area contributed by atoms with Crippen molar-refractivity contribution < 1.29 is 0 Å². The van der Waals surface area contributed by atoms with Gasteiger partial charge in [-0.2, -0.15) is 0 Å². The molecule has 0 aliphatic carbocycles. The van der Waals surface area contributed by atoms with E-state index in [4.69, 9.17) is 0 Å². The summed E-state index contributed by atoms with van der Waals surface area (Å²) < 4.78 is 0. The molecule has 2 aromatic heterocycles. The second-order valence-electron chi connectivity index (χ2n) is 4.20. The molecule has 19 heavy (non-hydrogen) atoms. The van der Waals surface area contributed by atoms with Crippen LogP contribution in [0.2, 0.25) is 0 Å². The van der Waals surface area contributed by atoms with E-state index in [-0.39, 0.29) is 0 Å². The molecule has 0 atom stereocenters. The molecule has 0 unspecified atom stereocenters. The van der Waals surface area contributed by atoms with E-state index in [1.165, 1.54) is 6.33 Å². The largest absolute Gasteiger partial charge is 0.245 e. The molecular weight excluding hydrogens is 236 g/mol. The number of rotatable bonds is 3. The Morgan fingerprint density at radius 1 is 0.737 bits per heavy atom. The third-order valence-corrected chi connectivity index (χ3v) is 2.76. The Labute approximate surface area is 111 Å². The standard InChI is InChI=1S/C15H12N4/c1-2-4-14(5-3-1)15-18-9-13(10-19-15)6-12-7-16-11-17-8-12/h1-5,7-11H,6H2. The summed E-state index contributed by atoms with van der Waals surface area (Å²) in [6, 6.07) is 9.94. The lowest BCUT2D eigenvalue weighted by Gasteiger charge is -2.02. The Bertz CT molecular complexity index is 636. The van der Waals surface area contributed by atoms with Crippen LogP contribution in [0.25, 0.3) is 11.4 Å². The van der Waals surface area contributed by atoms with Crippen LogP contribution in [0, 0.1) is 0 Å². The first-order valence-electron chi connectivity index (χ1n) is 6.02. The fourth-order valence-electron chi connectivity index (χ4n) is 1.84. The monoisotopic (exact) mass is 248 g/mol. The number of hydrogen-bond donors (Lipinski definition) is 0. The maximum Gasteiger partial charge on any atom is 0.159 e. The maximum atomic E-state index is 4.39. The topological polar surface area (TPSA) is 51.6 Å². The van der Waals surface area contributed by atoms with Crippen molar-refractivity contribution >= 4 is 0 Å². The van der Waals surface area contributed by atoms with Crippen LogP contribution in [0.1, 0.15) is 11.1 Å². The minimum Gasteiger partial charge on any atom is -0.245 e. The Hall–Kier alpha value is -2.62. The van der Waals surface area contributed by atoms with E-state index in [0.29, 0.717) is 0 Å². The first-order chi connectivity index (χ1) is 9.42. The van der Waals surface area contributed by atoms with Crippen molar-refractivity contribution in [2.45, 2.75) is 6.42 Å². The molecule has 0 amide bonds. The van der Waals surface area contributed by atoms with Gasteiger partial charge in [-0.05, 0) is 11.1 Å². The number of nitrogens with zero attached hydrogens (tertiary/aromatic N) is 4. The second kappa shape index (κ2) is 5.35. The van der Waals surface area contributed by atoms with Gasteiger partial charge >= 0.3 is 0 Å². The number of hydrogen-bond acceptors (Lipinski definition) is 4. The highest BCUT2D eigenvalue weighted by Gasteiger charge is 2.01. The van der Waals surface area contributed by atoms with Gasteiger partial charge in [0.25, 0.3) is 0 Å². The maximum absolute atomic E-state index is 4.39. The van der Waals surface area contributed by atoms with Crippen LogP contribution >= 0.6 is 0 Å². The Morgan fingerprint density at radius 3 is 2.05 bits per heavy atom. The molecule has 92 valence electrons. The molecule has 0 saturated heterocycles. The Balaban J connectivity index is 1.80. The zero-order valence-corrected chi connectivity index (χ0v) is 10.3. The lowest BCUT2D eigenvalue weighted by Crippen LogP contribution is -1.95. The van der Waals surface area contributed by atoms with Gasteiger partial charge in [-0.1, -0.05) is 30.3 Å². The van der Waals surface area contributed by atoms with E-state index in [2.05, 4.69) is 19.9 Å². The van der Waals surface area contributed by atoms with Gasteiger partial charge in [0.2, 0.25) is 0 Å². The van der Waals surface area contributed by atoms with Gasteiger partial charge in [0, 0.05) is 36.8 Å². The van der Waals surface area contributed by atoms with E-state index >= 15 is 0 Å². The van der Waals surface area contributed by atoms with Crippen LogP contribution in [0.5, 0.6) is 0 Å². The zero-order valence-electron chi connectivity index (χ0n) is 10.3. The molecule has 0 aliphatic heterocycles. The van der Waals surface area contributed by atoms with Crippen molar-refractivity contribution in [1.82, 2.24) is 19.9 Å². The molecule has 0 fully saturated rings. The first kappa shape index (κ1) is 11.5. The summed E-state index contributed by atoms with van der Waals surface area (Å²) in [5.74, 6) is 0.744. The smallest absolute Gasteiger partial charge is 0.159 e. The zero-order chi connectivity index (χ0) is 12.9. The fourth-order valence-corrected chi connectivity index (χ4v) is 1.84. The third kappa shape index (κ3) is 2.80. The molecule has 3 aromatic rings. The second-order valence-corrected chi connectivity index (χ2v) is 4.20. The van der Waals surface area contributed by atoms with Crippen LogP contribution in [-0.4, -0.2) is 19.9 Å². The van der Waals surface area contributed by atoms with Crippen molar-refractivity contribution in [3.05, 3.63) is 72.6 Å². The minimum absolute atomic E-state index is 0.744. The van der Waals surface area contributed by atoms with E-state index < -0.39 is 0 Å². The highest BCUT2D eigenvalue weighted by Crippen LogP contribution is 2.14. The van der Waals surface area contributed by atoms with Gasteiger partial charge in [0.05, 0.1) is 0 Å². The number of benzene rings is 1. The lowest BCUT2D eigenvalue weighted by molar-refractivity contribution is 1.03. The molecule has 3 rings (SSSR count). The van der Waals surface area contributed by atoms with E-state index in [1.807, 2.05) is 42.7 Å². The molecule has 0 spiro atoms. The van der Waals surface area contributed by atoms with Crippen molar-refractivity contribution in [2.75, 3.05) is 0 Å². The highest BCUT2D eigenvalue weighted by molar-refractivity contribution is 5.54. The van der Waals surface area contributed by atoms with Crippen LogP contribution in [-0.2, 0) is 6.42 Å². The van der Waals surface area contributed by atoms with Crippen molar-refractivity contribution in [3.8, 4) is 11.4 Å². The molecule has 0 radical (unpaired) electrons. The van der Waals surface area contributed by atoms with E-state index in [0.717, 1.165) is 28.9 Å². The van der Waals surface area contributed by atoms with Gasteiger partial charge in [-0.3, -0.25) is 0 Å². The average molecular weight is 248 g/mol. The van der Waals surface area contributed by atoms with Gasteiger partial charge in [0.1, 0.15) is 6.33 Å². The molecule has 0 saturated carbocycles. The number of aromatic nitrogens is 4. The minimum atomic E-state index is 0.744. The molecule has 0 aliphatic rings. The molecule has 1 aromatic carbocycles.